The minimum absolute atomic E-state index is 0.00414. The highest BCUT2D eigenvalue weighted by molar-refractivity contribution is 14.1. The molecule has 0 bridgehead atoms. The standard InChI is InChI=1S/C21H16BrCl2IN2O/c1-21(12-13-5-7-14(22)8-6-13)20(28)26(17-10-15(23)9-16(24)11-17)19-4-2-3-18(25)27(19)21/h3-11H,2,12H2,1H3/t21-/m1/s1. The Bertz CT molecular complexity index is 1000. The minimum atomic E-state index is -0.748. The van der Waals surface area contributed by atoms with Crippen molar-refractivity contribution in [3.05, 3.63) is 84.2 Å². The summed E-state index contributed by atoms with van der Waals surface area (Å²) in [6.45, 7) is 2.00. The molecule has 7 heteroatoms. The van der Waals surface area contributed by atoms with E-state index in [1.54, 1.807) is 23.1 Å². The highest BCUT2D eigenvalue weighted by Crippen LogP contribution is 2.46. The first-order valence-electron chi connectivity index (χ1n) is 8.71. The maximum Gasteiger partial charge on any atom is 0.259 e. The Morgan fingerprint density at radius 1 is 1.11 bits per heavy atom. The van der Waals surface area contributed by atoms with Crippen LogP contribution in [0.1, 0.15) is 18.9 Å². The number of carbonyl (C=O) groups excluding carboxylic acids is 1. The number of benzene rings is 2. The average Bonchev–Trinajstić information content (AvgIpc) is 2.85. The summed E-state index contributed by atoms with van der Waals surface area (Å²) < 4.78 is 2.06. The Hall–Kier alpha value is -1.02. The summed E-state index contributed by atoms with van der Waals surface area (Å²) in [5, 5.41) is 1.01. The van der Waals surface area contributed by atoms with Gasteiger partial charge in [-0.15, -0.1) is 0 Å². The zero-order valence-corrected chi connectivity index (χ0v) is 20.2. The molecule has 2 aliphatic rings. The summed E-state index contributed by atoms with van der Waals surface area (Å²) in [7, 11) is 0. The molecule has 0 aliphatic carbocycles. The first-order chi connectivity index (χ1) is 13.3. The van der Waals surface area contributed by atoms with Crippen LogP contribution in [0.25, 0.3) is 0 Å². The largest absolute Gasteiger partial charge is 0.307 e. The molecule has 1 fully saturated rings. The minimum Gasteiger partial charge on any atom is -0.307 e. The number of anilines is 1. The van der Waals surface area contributed by atoms with Crippen molar-refractivity contribution in [1.82, 2.24) is 4.90 Å². The van der Waals surface area contributed by atoms with Gasteiger partial charge in [-0.2, -0.15) is 0 Å². The SMILES string of the molecule is C[C@@]1(Cc2ccc(Br)cc2)C(=O)N(c2cc(Cl)cc(Cl)c2)C2=CCC=C(I)N21. The summed E-state index contributed by atoms with van der Waals surface area (Å²) in [6, 6.07) is 13.3. The van der Waals surface area contributed by atoms with Gasteiger partial charge in [0.2, 0.25) is 0 Å². The lowest BCUT2D eigenvalue weighted by Crippen LogP contribution is -2.47. The van der Waals surface area contributed by atoms with Crippen molar-refractivity contribution in [3.63, 3.8) is 0 Å². The molecule has 1 atom stereocenters. The van der Waals surface area contributed by atoms with Crippen LogP contribution in [0.3, 0.4) is 0 Å². The molecule has 2 aromatic rings. The van der Waals surface area contributed by atoms with Crippen molar-refractivity contribution in [2.45, 2.75) is 25.3 Å². The molecule has 0 N–H and O–H groups in total. The number of halogens is 4. The van der Waals surface area contributed by atoms with Gasteiger partial charge in [0.15, 0.2) is 0 Å². The van der Waals surface area contributed by atoms with Crippen LogP contribution >= 0.6 is 61.7 Å². The highest BCUT2D eigenvalue weighted by atomic mass is 127. The molecule has 2 heterocycles. The smallest absolute Gasteiger partial charge is 0.259 e. The predicted molar refractivity (Wildman–Crippen MR) is 127 cm³/mol. The number of hydrogen-bond acceptors (Lipinski definition) is 2. The fraction of sp³-hybridized carbons (Fsp3) is 0.190. The Balaban J connectivity index is 1.81. The number of nitrogens with zero attached hydrogens (tertiary/aromatic N) is 2. The van der Waals surface area contributed by atoms with Crippen molar-refractivity contribution in [3.8, 4) is 0 Å². The van der Waals surface area contributed by atoms with Gasteiger partial charge in [-0.1, -0.05) is 57.3 Å². The van der Waals surface area contributed by atoms with E-state index in [4.69, 9.17) is 23.2 Å². The van der Waals surface area contributed by atoms with E-state index in [1.807, 2.05) is 31.2 Å². The molecule has 4 rings (SSSR count). The van der Waals surface area contributed by atoms with E-state index in [2.05, 4.69) is 55.6 Å². The van der Waals surface area contributed by atoms with Crippen molar-refractivity contribution in [2.75, 3.05) is 4.90 Å². The number of rotatable bonds is 3. The molecule has 0 spiro atoms. The Morgan fingerprint density at radius 2 is 1.75 bits per heavy atom. The molecule has 0 radical (unpaired) electrons. The second-order valence-electron chi connectivity index (χ2n) is 7.01. The van der Waals surface area contributed by atoms with Crippen LogP contribution in [0.15, 0.2) is 68.6 Å². The fourth-order valence-electron chi connectivity index (χ4n) is 3.75. The molecule has 1 saturated heterocycles. The van der Waals surface area contributed by atoms with Crippen LogP contribution in [0, 0.1) is 0 Å². The molecular formula is C21H16BrCl2IN2O. The molecule has 1 amide bonds. The number of carbonyl (C=O) groups is 1. The molecule has 3 nitrogen and oxygen atoms in total. The Kier molecular flexibility index (Phi) is 5.55. The third-order valence-corrected chi connectivity index (χ3v) is 6.87. The zero-order valence-electron chi connectivity index (χ0n) is 14.9. The van der Waals surface area contributed by atoms with Crippen molar-refractivity contribution >= 4 is 73.3 Å². The van der Waals surface area contributed by atoms with Crippen LogP contribution in [-0.4, -0.2) is 16.3 Å². The van der Waals surface area contributed by atoms with Gasteiger partial charge in [-0.05, 0) is 77.9 Å². The van der Waals surface area contributed by atoms with E-state index in [0.717, 1.165) is 26.0 Å². The van der Waals surface area contributed by atoms with Crippen LogP contribution in [0.2, 0.25) is 10.0 Å². The number of allylic oxidation sites excluding steroid dienone is 2. The molecule has 0 saturated carbocycles. The van der Waals surface area contributed by atoms with E-state index >= 15 is 0 Å². The molecule has 0 aromatic heterocycles. The summed E-state index contributed by atoms with van der Waals surface area (Å²) in [4.78, 5) is 17.6. The first kappa shape index (κ1) is 20.3. The highest BCUT2D eigenvalue weighted by Gasteiger charge is 2.53. The van der Waals surface area contributed by atoms with Gasteiger partial charge in [-0.25, -0.2) is 0 Å². The van der Waals surface area contributed by atoms with Gasteiger partial charge in [0.25, 0.3) is 5.91 Å². The summed E-state index contributed by atoms with van der Waals surface area (Å²) >= 11 is 18.2. The topological polar surface area (TPSA) is 23.6 Å². The predicted octanol–water partition coefficient (Wildman–Crippen LogP) is 6.93. The Morgan fingerprint density at radius 3 is 2.39 bits per heavy atom. The number of amides is 1. The lowest BCUT2D eigenvalue weighted by molar-refractivity contribution is -0.123. The Labute approximate surface area is 196 Å². The third-order valence-electron chi connectivity index (χ3n) is 4.98. The maximum absolute atomic E-state index is 13.8. The summed E-state index contributed by atoms with van der Waals surface area (Å²) in [6.07, 6.45) is 5.56. The van der Waals surface area contributed by atoms with Crippen LogP contribution in [-0.2, 0) is 11.2 Å². The number of fused-ring (bicyclic) bond motifs is 1. The number of hydrogen-bond donors (Lipinski definition) is 0. The van der Waals surface area contributed by atoms with Gasteiger partial charge in [0, 0.05) is 20.9 Å². The van der Waals surface area contributed by atoms with Gasteiger partial charge in [0.1, 0.15) is 11.4 Å². The normalized spacial score (nSPS) is 21.5. The third kappa shape index (κ3) is 3.51. The van der Waals surface area contributed by atoms with Crippen molar-refractivity contribution in [1.29, 1.82) is 0 Å². The maximum atomic E-state index is 13.8. The van der Waals surface area contributed by atoms with Crippen molar-refractivity contribution < 1.29 is 4.79 Å². The van der Waals surface area contributed by atoms with Crippen LogP contribution in [0.4, 0.5) is 5.69 Å². The van der Waals surface area contributed by atoms with E-state index in [1.165, 1.54) is 0 Å². The molecule has 2 aromatic carbocycles. The van der Waals surface area contributed by atoms with Gasteiger partial charge >= 0.3 is 0 Å². The molecule has 2 aliphatic heterocycles. The molecule has 28 heavy (non-hydrogen) atoms. The van der Waals surface area contributed by atoms with E-state index in [0.29, 0.717) is 22.2 Å². The first-order valence-corrected chi connectivity index (χ1v) is 11.3. The lowest BCUT2D eigenvalue weighted by Gasteiger charge is -2.35. The fourth-order valence-corrected chi connectivity index (χ4v) is 5.56. The quantitative estimate of drug-likeness (QED) is 0.286. The monoisotopic (exact) mass is 588 g/mol. The van der Waals surface area contributed by atoms with E-state index in [-0.39, 0.29) is 5.91 Å². The van der Waals surface area contributed by atoms with Gasteiger partial charge < -0.3 is 4.90 Å². The van der Waals surface area contributed by atoms with Crippen LogP contribution in [0.5, 0.6) is 0 Å². The molecular weight excluding hydrogens is 574 g/mol. The second-order valence-corrected chi connectivity index (χ2v) is 9.90. The van der Waals surface area contributed by atoms with E-state index in [9.17, 15) is 4.79 Å². The second kappa shape index (κ2) is 7.67. The zero-order chi connectivity index (χ0) is 20.1. The lowest BCUT2D eigenvalue weighted by atomic mass is 9.91. The summed E-state index contributed by atoms with van der Waals surface area (Å²) in [5.41, 5.74) is 1.03. The average molecular weight is 590 g/mol. The van der Waals surface area contributed by atoms with Crippen molar-refractivity contribution in [2.24, 2.45) is 0 Å². The van der Waals surface area contributed by atoms with Crippen LogP contribution < -0.4 is 4.90 Å². The molecule has 144 valence electrons. The van der Waals surface area contributed by atoms with Gasteiger partial charge in [-0.3, -0.25) is 9.69 Å². The van der Waals surface area contributed by atoms with E-state index < -0.39 is 5.54 Å². The summed E-state index contributed by atoms with van der Waals surface area (Å²) in [5.74, 6) is 0.860. The molecule has 0 unspecified atom stereocenters. The van der Waals surface area contributed by atoms with Gasteiger partial charge in [0.05, 0.1) is 9.39 Å².